The first-order valence-corrected chi connectivity index (χ1v) is 9.64. The second kappa shape index (κ2) is 6.78. The Morgan fingerprint density at radius 3 is 2.86 bits per heavy atom. The van der Waals surface area contributed by atoms with Gasteiger partial charge >= 0.3 is 0 Å². The van der Waals surface area contributed by atoms with E-state index >= 15 is 0 Å². The molecule has 3 N–H and O–H groups in total. The summed E-state index contributed by atoms with van der Waals surface area (Å²) in [5.41, 5.74) is 3.38. The number of nitrogen functional groups attached to an aromatic ring is 1. The topological polar surface area (TPSA) is 92.5 Å². The Hall–Kier alpha value is -1.09. The van der Waals surface area contributed by atoms with Crippen LogP contribution in [0.4, 0.5) is 0 Å². The number of benzene rings is 1. The fourth-order valence-electron chi connectivity index (χ4n) is 2.37. The van der Waals surface area contributed by atoms with E-state index < -0.39 is 15.2 Å². The van der Waals surface area contributed by atoms with Gasteiger partial charge in [0.05, 0.1) is 0 Å². The van der Waals surface area contributed by atoms with Crippen molar-refractivity contribution in [3.8, 4) is 0 Å². The van der Waals surface area contributed by atoms with Crippen molar-refractivity contribution in [2.45, 2.75) is 11.9 Å². The summed E-state index contributed by atoms with van der Waals surface area (Å²) in [6.45, 7) is 1.10. The summed E-state index contributed by atoms with van der Waals surface area (Å²) in [7, 11) is -3.15. The number of carbonyl (C=O) groups excluding carboxylic acids is 1. The highest BCUT2D eigenvalue weighted by Crippen LogP contribution is 2.23. The molecule has 1 fully saturated rings. The highest BCUT2D eigenvalue weighted by atomic mass is 32.2. The molecule has 0 aromatic heterocycles. The summed E-state index contributed by atoms with van der Waals surface area (Å²) in [6.07, 6.45) is 1.26. The molecule has 1 aliphatic heterocycles. The molecule has 0 saturated carbocycles. The van der Waals surface area contributed by atoms with Crippen LogP contribution in [0, 0.1) is 0 Å². The third kappa shape index (κ3) is 3.97. The lowest BCUT2D eigenvalue weighted by Gasteiger charge is -2.34. The van der Waals surface area contributed by atoms with Gasteiger partial charge in [-0.05, 0) is 11.6 Å². The molecular formula is C13H19N3O3S2. The molecule has 1 saturated heterocycles. The predicted molar refractivity (Wildman–Crippen MR) is 84.5 cm³/mol. The fraction of sp³-hybridized carbons (Fsp3) is 0.462. The number of hydrogen-bond acceptors (Lipinski definition) is 6. The number of thioether (sulfide) groups is 1. The lowest BCUT2D eigenvalue weighted by molar-refractivity contribution is 0.0951. The molecule has 1 atom stereocenters. The standard InChI is InChI=1S/C13H19N3O3S2/c1-21(18,19)12-9-20-7-6-16(12)8-10-4-2-3-5-11(10)13(17)15-14/h2-5,12H,6-9,14H2,1H3,(H,15,17). The molecule has 0 radical (unpaired) electrons. The monoisotopic (exact) mass is 329 g/mol. The zero-order valence-electron chi connectivity index (χ0n) is 11.8. The highest BCUT2D eigenvalue weighted by molar-refractivity contribution is 8.00. The Bertz CT molecular complexity index is 619. The van der Waals surface area contributed by atoms with Crippen molar-refractivity contribution in [3.63, 3.8) is 0 Å². The van der Waals surface area contributed by atoms with Crippen LogP contribution < -0.4 is 11.3 Å². The number of hydrazine groups is 1. The molecule has 0 aliphatic carbocycles. The first kappa shape index (κ1) is 16.3. The minimum Gasteiger partial charge on any atom is -0.290 e. The first-order chi connectivity index (χ1) is 9.93. The highest BCUT2D eigenvalue weighted by Gasteiger charge is 2.31. The maximum absolute atomic E-state index is 11.9. The van der Waals surface area contributed by atoms with E-state index in [-0.39, 0.29) is 5.91 Å². The van der Waals surface area contributed by atoms with E-state index in [2.05, 4.69) is 5.43 Å². The van der Waals surface area contributed by atoms with Crippen LogP contribution in [0.2, 0.25) is 0 Å². The molecule has 116 valence electrons. The van der Waals surface area contributed by atoms with E-state index in [9.17, 15) is 13.2 Å². The Balaban J connectivity index is 2.26. The second-order valence-electron chi connectivity index (χ2n) is 4.96. The smallest absolute Gasteiger partial charge is 0.265 e. The van der Waals surface area contributed by atoms with Crippen LogP contribution in [-0.2, 0) is 16.4 Å². The summed E-state index contributed by atoms with van der Waals surface area (Å²) in [6, 6.07) is 7.10. The number of nitrogens with zero attached hydrogens (tertiary/aromatic N) is 1. The van der Waals surface area contributed by atoms with Gasteiger partial charge < -0.3 is 0 Å². The molecule has 1 aliphatic rings. The fourth-order valence-corrected chi connectivity index (χ4v) is 5.31. The molecule has 1 unspecified atom stereocenters. The molecule has 6 nitrogen and oxygen atoms in total. The van der Waals surface area contributed by atoms with E-state index in [1.165, 1.54) is 6.26 Å². The van der Waals surface area contributed by atoms with E-state index in [0.717, 1.165) is 11.3 Å². The van der Waals surface area contributed by atoms with Crippen LogP contribution in [0.25, 0.3) is 0 Å². The van der Waals surface area contributed by atoms with Gasteiger partial charge in [0.1, 0.15) is 5.37 Å². The molecule has 0 bridgehead atoms. The van der Waals surface area contributed by atoms with Crippen LogP contribution in [0.15, 0.2) is 24.3 Å². The minimum atomic E-state index is -3.15. The van der Waals surface area contributed by atoms with Crippen molar-refractivity contribution >= 4 is 27.5 Å². The molecule has 1 aromatic carbocycles. The Morgan fingerprint density at radius 2 is 2.19 bits per heavy atom. The van der Waals surface area contributed by atoms with Crippen LogP contribution in [0.1, 0.15) is 15.9 Å². The summed E-state index contributed by atoms with van der Waals surface area (Å²) in [4.78, 5) is 13.7. The summed E-state index contributed by atoms with van der Waals surface area (Å²) >= 11 is 1.64. The van der Waals surface area contributed by atoms with Gasteiger partial charge in [-0.2, -0.15) is 11.8 Å². The molecule has 1 heterocycles. The van der Waals surface area contributed by atoms with Crippen molar-refractivity contribution in [3.05, 3.63) is 35.4 Å². The van der Waals surface area contributed by atoms with Gasteiger partial charge in [-0.25, -0.2) is 14.3 Å². The molecule has 1 aromatic rings. The number of hydrogen-bond donors (Lipinski definition) is 2. The predicted octanol–water partition coefficient (Wildman–Crippen LogP) is 0.210. The quantitative estimate of drug-likeness (QED) is 0.466. The van der Waals surface area contributed by atoms with Gasteiger partial charge in [0.15, 0.2) is 9.84 Å². The largest absolute Gasteiger partial charge is 0.290 e. The van der Waals surface area contributed by atoms with Crippen molar-refractivity contribution in [1.82, 2.24) is 10.3 Å². The lowest BCUT2D eigenvalue weighted by atomic mass is 10.1. The van der Waals surface area contributed by atoms with Crippen molar-refractivity contribution in [2.75, 3.05) is 24.3 Å². The Labute approximate surface area is 129 Å². The number of nitrogens with one attached hydrogen (secondary N) is 1. The van der Waals surface area contributed by atoms with Gasteiger partial charge in [0.2, 0.25) is 0 Å². The van der Waals surface area contributed by atoms with Crippen molar-refractivity contribution in [1.29, 1.82) is 0 Å². The first-order valence-electron chi connectivity index (χ1n) is 6.53. The van der Waals surface area contributed by atoms with E-state index in [1.54, 1.807) is 23.9 Å². The average molecular weight is 329 g/mol. The van der Waals surface area contributed by atoms with E-state index in [1.807, 2.05) is 17.0 Å². The summed E-state index contributed by atoms with van der Waals surface area (Å²) < 4.78 is 23.8. The van der Waals surface area contributed by atoms with Crippen LogP contribution >= 0.6 is 11.8 Å². The van der Waals surface area contributed by atoms with Crippen molar-refractivity contribution in [2.24, 2.45) is 5.84 Å². The Kier molecular flexibility index (Phi) is 5.26. The maximum atomic E-state index is 11.9. The van der Waals surface area contributed by atoms with Gasteiger partial charge in [-0.1, -0.05) is 18.2 Å². The molecule has 21 heavy (non-hydrogen) atoms. The number of amides is 1. The number of carbonyl (C=O) groups is 1. The van der Waals surface area contributed by atoms with Gasteiger partial charge in [0.25, 0.3) is 5.91 Å². The SMILES string of the molecule is CS(=O)(=O)C1CSCCN1Cc1ccccc1C(=O)NN. The van der Waals surface area contributed by atoms with E-state index in [0.29, 0.717) is 24.4 Å². The second-order valence-corrected chi connectivity index (χ2v) is 8.31. The summed E-state index contributed by atoms with van der Waals surface area (Å²) in [5.74, 6) is 6.27. The molecule has 0 spiro atoms. The lowest BCUT2D eigenvalue weighted by Crippen LogP contribution is -2.46. The van der Waals surface area contributed by atoms with Crippen LogP contribution in [0.3, 0.4) is 0 Å². The third-order valence-electron chi connectivity index (χ3n) is 3.45. The average Bonchev–Trinajstić information content (AvgIpc) is 2.46. The van der Waals surface area contributed by atoms with Crippen LogP contribution in [-0.4, -0.2) is 48.9 Å². The number of sulfone groups is 1. The molecule has 8 heteroatoms. The maximum Gasteiger partial charge on any atom is 0.265 e. The number of rotatable bonds is 4. The van der Waals surface area contributed by atoms with Crippen molar-refractivity contribution < 1.29 is 13.2 Å². The van der Waals surface area contributed by atoms with Gasteiger partial charge in [-0.3, -0.25) is 15.1 Å². The third-order valence-corrected chi connectivity index (χ3v) is 6.14. The minimum absolute atomic E-state index is 0.368. The molecular weight excluding hydrogens is 310 g/mol. The number of nitrogens with two attached hydrogens (primary N) is 1. The molecule has 2 rings (SSSR count). The van der Waals surface area contributed by atoms with Crippen LogP contribution in [0.5, 0.6) is 0 Å². The normalized spacial score (nSPS) is 20.2. The zero-order chi connectivity index (χ0) is 15.5. The summed E-state index contributed by atoms with van der Waals surface area (Å²) in [5, 5.41) is -0.509. The van der Waals surface area contributed by atoms with Gasteiger partial charge in [-0.15, -0.1) is 0 Å². The van der Waals surface area contributed by atoms with Gasteiger partial charge in [0, 0.05) is 36.4 Å². The van der Waals surface area contributed by atoms with E-state index in [4.69, 9.17) is 5.84 Å². The Morgan fingerprint density at radius 1 is 1.48 bits per heavy atom. The molecule has 1 amide bonds. The zero-order valence-corrected chi connectivity index (χ0v) is 13.4.